The maximum Gasteiger partial charge on any atom is 0.343 e. The van der Waals surface area contributed by atoms with Gasteiger partial charge in [-0.3, -0.25) is 0 Å². The van der Waals surface area contributed by atoms with E-state index in [0.29, 0.717) is 0 Å². The van der Waals surface area contributed by atoms with Gasteiger partial charge in [-0.25, -0.2) is 4.79 Å². The summed E-state index contributed by atoms with van der Waals surface area (Å²) in [6.45, 7) is 12.6. The largest absolute Gasteiger partial charge is 0.497 e. The second kappa shape index (κ2) is 6.59. The number of carbonyl (C=O) groups excluding carboxylic acids is 1. The molecule has 0 aliphatic rings. The van der Waals surface area contributed by atoms with Crippen LogP contribution < -0.4 is 9.47 Å². The second-order valence-electron chi connectivity index (χ2n) is 7.42. The first-order valence-corrected chi connectivity index (χ1v) is 7.43. The van der Waals surface area contributed by atoms with Gasteiger partial charge in [0.05, 0.1) is 14.2 Å². The van der Waals surface area contributed by atoms with Crippen LogP contribution in [0.4, 0.5) is 0 Å². The van der Waals surface area contributed by atoms with E-state index in [0.717, 1.165) is 22.6 Å². The summed E-state index contributed by atoms with van der Waals surface area (Å²) in [5, 5.41) is 0. The Bertz CT molecular complexity index is 498. The van der Waals surface area contributed by atoms with Crippen molar-refractivity contribution in [2.24, 2.45) is 0 Å². The first-order valence-electron chi connectivity index (χ1n) is 7.43. The van der Waals surface area contributed by atoms with Crippen LogP contribution in [0, 0.1) is 0 Å². The van der Waals surface area contributed by atoms with E-state index in [-0.39, 0.29) is 17.4 Å². The molecule has 0 saturated heterocycles. The van der Waals surface area contributed by atoms with E-state index in [1.165, 1.54) is 7.11 Å². The molecule has 0 unspecified atom stereocenters. The lowest BCUT2D eigenvalue weighted by atomic mass is 9.79. The number of esters is 1. The lowest BCUT2D eigenvalue weighted by molar-refractivity contribution is -0.142. The summed E-state index contributed by atoms with van der Waals surface area (Å²) < 4.78 is 16.0. The number of benzene rings is 1. The molecule has 0 heterocycles. The van der Waals surface area contributed by atoms with E-state index in [2.05, 4.69) is 46.3 Å². The molecule has 0 aliphatic heterocycles. The summed E-state index contributed by atoms with van der Waals surface area (Å²) >= 11 is 0. The molecule has 124 valence electrons. The van der Waals surface area contributed by atoms with Crippen molar-refractivity contribution in [3.63, 3.8) is 0 Å². The molecule has 0 amide bonds. The lowest BCUT2D eigenvalue weighted by Gasteiger charge is -2.30. The highest BCUT2D eigenvalue weighted by Gasteiger charge is 2.28. The Morgan fingerprint density at radius 1 is 0.955 bits per heavy atom. The number of rotatable bonds is 4. The molecule has 1 rings (SSSR count). The molecule has 0 aliphatic carbocycles. The first-order chi connectivity index (χ1) is 10.0. The van der Waals surface area contributed by atoms with E-state index in [9.17, 15) is 4.79 Å². The molecule has 1 aromatic rings. The van der Waals surface area contributed by atoms with Crippen molar-refractivity contribution in [3.05, 3.63) is 23.3 Å². The molecule has 0 fully saturated rings. The molecule has 0 saturated carbocycles. The second-order valence-corrected chi connectivity index (χ2v) is 7.42. The molecule has 0 radical (unpaired) electrons. The number of carbonyl (C=O) groups is 1. The molecule has 0 N–H and O–H groups in total. The van der Waals surface area contributed by atoms with Crippen molar-refractivity contribution < 1.29 is 19.0 Å². The molecule has 0 aromatic heterocycles. The van der Waals surface area contributed by atoms with Crippen LogP contribution in [-0.2, 0) is 20.4 Å². The predicted molar refractivity (Wildman–Crippen MR) is 87.9 cm³/mol. The van der Waals surface area contributed by atoms with Gasteiger partial charge < -0.3 is 14.2 Å². The Balaban J connectivity index is 3.48. The maximum atomic E-state index is 11.5. The van der Waals surface area contributed by atoms with E-state index in [1.54, 1.807) is 7.11 Å². The molecular weight excluding hydrogens is 280 g/mol. The molecule has 0 atom stereocenters. The first kappa shape index (κ1) is 18.3. The average molecular weight is 308 g/mol. The normalized spacial score (nSPS) is 12.0. The van der Waals surface area contributed by atoms with Crippen molar-refractivity contribution in [1.29, 1.82) is 0 Å². The van der Waals surface area contributed by atoms with Gasteiger partial charge in [-0.05, 0) is 23.0 Å². The third-order valence-corrected chi connectivity index (χ3v) is 3.48. The molecular formula is C18H28O4. The van der Waals surface area contributed by atoms with Gasteiger partial charge in [0, 0.05) is 11.1 Å². The predicted octanol–water partition coefficient (Wildman–Crippen LogP) is 3.84. The highest BCUT2D eigenvalue weighted by atomic mass is 16.6. The Labute approximate surface area is 133 Å². The number of methoxy groups -OCH3 is 2. The van der Waals surface area contributed by atoms with E-state index >= 15 is 0 Å². The van der Waals surface area contributed by atoms with Crippen molar-refractivity contribution >= 4 is 5.97 Å². The fourth-order valence-electron chi connectivity index (χ4n) is 2.18. The summed E-state index contributed by atoms with van der Waals surface area (Å²) in [6.07, 6.45) is 0. The zero-order chi connectivity index (χ0) is 17.1. The third kappa shape index (κ3) is 4.39. The van der Waals surface area contributed by atoms with Crippen LogP contribution in [0.3, 0.4) is 0 Å². The summed E-state index contributed by atoms with van der Waals surface area (Å²) in [5.41, 5.74) is 1.75. The fourth-order valence-corrected chi connectivity index (χ4v) is 2.18. The number of hydrogen-bond donors (Lipinski definition) is 0. The van der Waals surface area contributed by atoms with Gasteiger partial charge in [0.2, 0.25) is 0 Å². The van der Waals surface area contributed by atoms with Crippen LogP contribution in [0.15, 0.2) is 12.1 Å². The van der Waals surface area contributed by atoms with Crippen LogP contribution in [0.25, 0.3) is 0 Å². The van der Waals surface area contributed by atoms with Gasteiger partial charge in [0.25, 0.3) is 0 Å². The lowest BCUT2D eigenvalue weighted by Crippen LogP contribution is -2.22. The summed E-state index contributed by atoms with van der Waals surface area (Å²) in [7, 11) is 3.01. The van der Waals surface area contributed by atoms with Gasteiger partial charge in [-0.1, -0.05) is 41.5 Å². The zero-order valence-electron chi connectivity index (χ0n) is 15.0. The summed E-state index contributed by atoms with van der Waals surface area (Å²) in [5.74, 6) is 1.14. The molecule has 0 bridgehead atoms. The minimum atomic E-state index is -0.393. The standard InChI is InChI=1S/C18H28O4/c1-17(2,3)13-9-12(20-7)10-14(18(4,5)6)16(13)22-11-15(19)21-8/h9-10H,11H2,1-8H3. The van der Waals surface area contributed by atoms with Gasteiger partial charge >= 0.3 is 5.97 Å². The van der Waals surface area contributed by atoms with E-state index < -0.39 is 5.97 Å². The Morgan fingerprint density at radius 2 is 1.41 bits per heavy atom. The van der Waals surface area contributed by atoms with Gasteiger partial charge in [0.1, 0.15) is 11.5 Å². The molecule has 22 heavy (non-hydrogen) atoms. The summed E-state index contributed by atoms with van der Waals surface area (Å²) in [6, 6.07) is 3.95. The molecule has 1 aromatic carbocycles. The van der Waals surface area contributed by atoms with E-state index in [4.69, 9.17) is 9.47 Å². The minimum Gasteiger partial charge on any atom is -0.497 e. The Kier molecular flexibility index (Phi) is 5.49. The average Bonchev–Trinajstić information content (AvgIpc) is 2.41. The quantitative estimate of drug-likeness (QED) is 0.793. The van der Waals surface area contributed by atoms with Gasteiger partial charge in [-0.2, -0.15) is 0 Å². The molecule has 4 heteroatoms. The third-order valence-electron chi connectivity index (χ3n) is 3.48. The molecule has 4 nitrogen and oxygen atoms in total. The van der Waals surface area contributed by atoms with Crippen LogP contribution in [0.2, 0.25) is 0 Å². The number of hydrogen-bond acceptors (Lipinski definition) is 4. The van der Waals surface area contributed by atoms with Gasteiger partial charge in [-0.15, -0.1) is 0 Å². The van der Waals surface area contributed by atoms with Crippen LogP contribution in [-0.4, -0.2) is 26.8 Å². The van der Waals surface area contributed by atoms with Crippen molar-refractivity contribution in [1.82, 2.24) is 0 Å². The summed E-state index contributed by atoms with van der Waals surface area (Å²) in [4.78, 5) is 11.5. The van der Waals surface area contributed by atoms with Crippen molar-refractivity contribution in [2.75, 3.05) is 20.8 Å². The smallest absolute Gasteiger partial charge is 0.343 e. The maximum absolute atomic E-state index is 11.5. The fraction of sp³-hybridized carbons (Fsp3) is 0.611. The Morgan fingerprint density at radius 3 is 1.73 bits per heavy atom. The Hall–Kier alpha value is -1.71. The van der Waals surface area contributed by atoms with E-state index in [1.807, 2.05) is 12.1 Å². The van der Waals surface area contributed by atoms with Crippen LogP contribution in [0.5, 0.6) is 11.5 Å². The zero-order valence-corrected chi connectivity index (χ0v) is 15.0. The monoisotopic (exact) mass is 308 g/mol. The van der Waals surface area contributed by atoms with Crippen molar-refractivity contribution in [3.8, 4) is 11.5 Å². The topological polar surface area (TPSA) is 44.8 Å². The highest BCUT2D eigenvalue weighted by molar-refractivity contribution is 5.71. The van der Waals surface area contributed by atoms with Gasteiger partial charge in [0.15, 0.2) is 6.61 Å². The van der Waals surface area contributed by atoms with Crippen LogP contribution in [0.1, 0.15) is 52.7 Å². The number of ether oxygens (including phenoxy) is 3. The SMILES string of the molecule is COC(=O)COc1c(C(C)(C)C)cc(OC)cc1C(C)(C)C. The minimum absolute atomic E-state index is 0.102. The van der Waals surface area contributed by atoms with Crippen molar-refractivity contribution in [2.45, 2.75) is 52.4 Å². The highest BCUT2D eigenvalue weighted by Crippen LogP contribution is 2.42. The molecule has 0 spiro atoms. The van der Waals surface area contributed by atoms with Crippen LogP contribution >= 0.6 is 0 Å².